The van der Waals surface area contributed by atoms with Crippen molar-refractivity contribution in [3.8, 4) is 0 Å². The number of likely N-dealkylation sites (N-methyl/N-ethyl adjacent to an activating group) is 1. The average molecular weight is 268 g/mol. The Morgan fingerprint density at radius 3 is 2.71 bits per heavy atom. The van der Waals surface area contributed by atoms with Gasteiger partial charge in [-0.25, -0.2) is 0 Å². The molecule has 3 heteroatoms. The van der Waals surface area contributed by atoms with Crippen LogP contribution in [0, 0.1) is 0 Å². The Bertz CT molecular complexity index is 481. The highest BCUT2D eigenvalue weighted by molar-refractivity contribution is 6.42. The second-order valence-electron chi connectivity index (χ2n) is 4.99. The number of hydrogen-bond acceptors (Lipinski definition) is 1. The molecule has 2 aliphatic heterocycles. The lowest BCUT2D eigenvalue weighted by atomic mass is 9.95. The first-order chi connectivity index (χ1) is 8.15. The zero-order valence-electron chi connectivity index (χ0n) is 9.79. The van der Waals surface area contributed by atoms with Crippen LogP contribution in [-0.2, 0) is 0 Å². The normalized spacial score (nSPS) is 28.3. The Labute approximate surface area is 112 Å². The first-order valence-corrected chi connectivity index (χ1v) is 6.79. The van der Waals surface area contributed by atoms with E-state index in [-0.39, 0.29) is 0 Å². The van der Waals surface area contributed by atoms with E-state index in [1.54, 1.807) is 0 Å². The maximum atomic E-state index is 6.08. The molecule has 1 fully saturated rings. The van der Waals surface area contributed by atoms with Gasteiger partial charge in [-0.2, -0.15) is 0 Å². The average Bonchev–Trinajstić information content (AvgIpc) is 2.55. The van der Waals surface area contributed by atoms with Crippen LogP contribution < -0.4 is 0 Å². The number of hydrogen-bond donors (Lipinski definition) is 0. The lowest BCUT2D eigenvalue weighted by molar-refractivity contribution is 0.264. The van der Waals surface area contributed by atoms with Crippen LogP contribution in [0.1, 0.15) is 24.8 Å². The van der Waals surface area contributed by atoms with E-state index in [9.17, 15) is 0 Å². The largest absolute Gasteiger partial charge is 0.297 e. The maximum Gasteiger partial charge on any atom is 0.0598 e. The lowest BCUT2D eigenvalue weighted by Crippen LogP contribution is -2.34. The summed E-state index contributed by atoms with van der Waals surface area (Å²) in [6.07, 6.45) is 6.11. The molecule has 2 unspecified atom stereocenters. The molecule has 1 aromatic carbocycles. The van der Waals surface area contributed by atoms with Gasteiger partial charge in [-0.05, 0) is 49.6 Å². The van der Waals surface area contributed by atoms with Crippen LogP contribution in [-0.4, -0.2) is 24.0 Å². The molecule has 17 heavy (non-hydrogen) atoms. The Kier molecular flexibility index (Phi) is 2.94. The highest BCUT2D eigenvalue weighted by atomic mass is 35.5. The van der Waals surface area contributed by atoms with Crippen LogP contribution in [0.5, 0.6) is 0 Å². The minimum Gasteiger partial charge on any atom is -0.297 e. The summed E-state index contributed by atoms with van der Waals surface area (Å²) in [5.41, 5.74) is 2.65. The number of halogens is 2. The zero-order valence-corrected chi connectivity index (χ0v) is 11.3. The van der Waals surface area contributed by atoms with Gasteiger partial charge >= 0.3 is 0 Å². The highest BCUT2D eigenvalue weighted by Gasteiger charge is 2.33. The monoisotopic (exact) mass is 267 g/mol. The van der Waals surface area contributed by atoms with Crippen LogP contribution in [0.3, 0.4) is 0 Å². The smallest absolute Gasteiger partial charge is 0.0598 e. The Morgan fingerprint density at radius 2 is 2.00 bits per heavy atom. The summed E-state index contributed by atoms with van der Waals surface area (Å²) in [4.78, 5) is 2.49. The van der Waals surface area contributed by atoms with Gasteiger partial charge in [-0.3, -0.25) is 4.90 Å². The molecule has 0 aromatic heterocycles. The predicted octanol–water partition coefficient (Wildman–Crippen LogP) is 4.24. The minimum absolute atomic E-state index is 0.609. The summed E-state index contributed by atoms with van der Waals surface area (Å²) < 4.78 is 0. The van der Waals surface area contributed by atoms with E-state index in [0.29, 0.717) is 22.1 Å². The molecule has 90 valence electrons. The molecule has 1 nitrogen and oxygen atoms in total. The Morgan fingerprint density at radius 1 is 1.18 bits per heavy atom. The fourth-order valence-electron chi connectivity index (χ4n) is 2.95. The van der Waals surface area contributed by atoms with Crippen molar-refractivity contribution < 1.29 is 0 Å². The Hall–Kier alpha value is -0.500. The number of fused-ring (bicyclic) bond motifs is 2. The van der Waals surface area contributed by atoms with Crippen LogP contribution in [0.2, 0.25) is 10.0 Å². The molecular formula is C14H15Cl2N. The fraction of sp³-hybridized carbons (Fsp3) is 0.429. The van der Waals surface area contributed by atoms with Crippen molar-refractivity contribution in [2.45, 2.75) is 31.3 Å². The molecule has 0 radical (unpaired) electrons. The molecule has 0 N–H and O–H groups in total. The van der Waals surface area contributed by atoms with E-state index in [1.165, 1.54) is 24.0 Å². The number of benzene rings is 1. The van der Waals surface area contributed by atoms with E-state index >= 15 is 0 Å². The molecule has 1 aromatic rings. The molecule has 3 rings (SSSR count). The summed E-state index contributed by atoms with van der Waals surface area (Å²) in [5, 5.41) is 1.28. The van der Waals surface area contributed by atoms with E-state index in [2.05, 4.69) is 24.1 Å². The SMILES string of the molecule is CN1C2C=C(c3ccc(Cl)c(Cl)c3)CC1CC2. The second kappa shape index (κ2) is 4.31. The third-order valence-corrected chi connectivity index (χ3v) is 4.77. The second-order valence-corrected chi connectivity index (χ2v) is 5.80. The number of nitrogens with zero attached hydrogens (tertiary/aromatic N) is 1. The van der Waals surface area contributed by atoms with Crippen LogP contribution in [0.25, 0.3) is 5.57 Å². The fourth-order valence-corrected chi connectivity index (χ4v) is 3.25. The van der Waals surface area contributed by atoms with Crippen molar-refractivity contribution in [3.05, 3.63) is 39.9 Å². The Balaban J connectivity index is 1.95. The molecule has 1 saturated heterocycles. The molecule has 2 heterocycles. The third-order valence-electron chi connectivity index (χ3n) is 4.03. The quantitative estimate of drug-likeness (QED) is 0.736. The summed E-state index contributed by atoms with van der Waals surface area (Å²) in [6, 6.07) is 7.26. The summed E-state index contributed by atoms with van der Waals surface area (Å²) in [7, 11) is 2.23. The van der Waals surface area contributed by atoms with Crippen molar-refractivity contribution in [1.29, 1.82) is 0 Å². The number of rotatable bonds is 1. The van der Waals surface area contributed by atoms with Gasteiger partial charge in [0.1, 0.15) is 0 Å². The molecule has 0 saturated carbocycles. The van der Waals surface area contributed by atoms with Crippen molar-refractivity contribution in [1.82, 2.24) is 4.90 Å². The summed E-state index contributed by atoms with van der Waals surface area (Å²) in [6.45, 7) is 0. The predicted molar refractivity (Wildman–Crippen MR) is 73.6 cm³/mol. The van der Waals surface area contributed by atoms with Gasteiger partial charge in [0.05, 0.1) is 10.0 Å². The van der Waals surface area contributed by atoms with Crippen molar-refractivity contribution in [2.24, 2.45) is 0 Å². The molecule has 0 spiro atoms. The van der Waals surface area contributed by atoms with Gasteiger partial charge in [0.2, 0.25) is 0 Å². The molecule has 2 atom stereocenters. The van der Waals surface area contributed by atoms with Gasteiger partial charge in [-0.15, -0.1) is 0 Å². The minimum atomic E-state index is 0.609. The first kappa shape index (κ1) is 11.6. The van der Waals surface area contributed by atoms with Crippen molar-refractivity contribution in [2.75, 3.05) is 7.05 Å². The molecule has 0 amide bonds. The topological polar surface area (TPSA) is 3.24 Å². The van der Waals surface area contributed by atoms with Gasteiger partial charge in [0.15, 0.2) is 0 Å². The van der Waals surface area contributed by atoms with Gasteiger partial charge in [-0.1, -0.05) is 35.3 Å². The van der Waals surface area contributed by atoms with Crippen LogP contribution in [0.4, 0.5) is 0 Å². The molecule has 0 aliphatic carbocycles. The zero-order chi connectivity index (χ0) is 12.0. The lowest BCUT2D eigenvalue weighted by Gasteiger charge is -2.30. The molecular weight excluding hydrogens is 253 g/mol. The van der Waals surface area contributed by atoms with Crippen LogP contribution in [0.15, 0.2) is 24.3 Å². The van der Waals surface area contributed by atoms with E-state index < -0.39 is 0 Å². The maximum absolute atomic E-state index is 6.08. The van der Waals surface area contributed by atoms with E-state index in [4.69, 9.17) is 23.2 Å². The van der Waals surface area contributed by atoms with Gasteiger partial charge < -0.3 is 0 Å². The van der Waals surface area contributed by atoms with Crippen LogP contribution >= 0.6 is 23.2 Å². The van der Waals surface area contributed by atoms with Crippen molar-refractivity contribution in [3.63, 3.8) is 0 Å². The van der Waals surface area contributed by atoms with Gasteiger partial charge in [0.25, 0.3) is 0 Å². The highest BCUT2D eigenvalue weighted by Crippen LogP contribution is 2.38. The standard InChI is InChI=1S/C14H15Cl2N/c1-17-11-3-4-12(17)7-10(6-11)9-2-5-13(15)14(16)8-9/h2,5-6,8,11-12H,3-4,7H2,1H3. The van der Waals surface area contributed by atoms with Crippen molar-refractivity contribution >= 4 is 28.8 Å². The summed E-state index contributed by atoms with van der Waals surface area (Å²) in [5.74, 6) is 0. The molecule has 2 aliphatic rings. The third kappa shape index (κ3) is 2.01. The van der Waals surface area contributed by atoms with Gasteiger partial charge in [0, 0.05) is 12.1 Å². The van der Waals surface area contributed by atoms with E-state index in [0.717, 1.165) is 6.42 Å². The first-order valence-electron chi connectivity index (χ1n) is 6.03. The van der Waals surface area contributed by atoms with E-state index in [1.807, 2.05) is 12.1 Å². The summed E-state index contributed by atoms with van der Waals surface area (Å²) >= 11 is 12.0. The molecule has 2 bridgehead atoms.